The summed E-state index contributed by atoms with van der Waals surface area (Å²) in [7, 11) is 0. The zero-order chi connectivity index (χ0) is 28.6. The van der Waals surface area contributed by atoms with E-state index in [9.17, 15) is 5.11 Å². The van der Waals surface area contributed by atoms with Gasteiger partial charge in [0.1, 0.15) is 5.75 Å². The van der Waals surface area contributed by atoms with Gasteiger partial charge in [0.25, 0.3) is 0 Å². The molecule has 0 bridgehead atoms. The highest BCUT2D eigenvalue weighted by molar-refractivity contribution is 5.25. The van der Waals surface area contributed by atoms with E-state index in [4.69, 9.17) is 0 Å². The van der Waals surface area contributed by atoms with Crippen LogP contribution >= 0.6 is 0 Å². The molecule has 0 aliphatic heterocycles. The van der Waals surface area contributed by atoms with Crippen molar-refractivity contribution >= 4 is 0 Å². The van der Waals surface area contributed by atoms with Crippen molar-refractivity contribution in [2.24, 2.45) is 0 Å². The highest BCUT2D eigenvalue weighted by Crippen LogP contribution is 2.17. The standard InChI is InChI=1S/C39H72O/c1-2-3-4-5-6-7-8-9-10-11-12-13-14-15-16-17-18-19-20-21-22-23-24-25-26-27-28-29-30-31-32-33-38-34-36-39(40)37-35-38/h34-37,40H,2-33H2,1H3. The number of aryl methyl sites for hydroxylation is 1. The molecule has 0 unspecified atom stereocenters. The van der Waals surface area contributed by atoms with Crippen molar-refractivity contribution in [1.82, 2.24) is 0 Å². The van der Waals surface area contributed by atoms with Crippen molar-refractivity contribution in [3.05, 3.63) is 29.8 Å². The predicted molar refractivity (Wildman–Crippen MR) is 181 cm³/mol. The Kier molecular flexibility index (Phi) is 28.7. The van der Waals surface area contributed by atoms with Crippen LogP contribution in [0.2, 0.25) is 0 Å². The molecule has 0 spiro atoms. The molecular formula is C39H72O. The summed E-state index contributed by atoms with van der Waals surface area (Å²) in [5, 5.41) is 9.34. The number of phenolic OH excluding ortho intramolecular Hbond substituents is 1. The van der Waals surface area contributed by atoms with E-state index in [1.54, 1.807) is 12.1 Å². The summed E-state index contributed by atoms with van der Waals surface area (Å²) in [6.07, 6.45) is 46.2. The highest BCUT2D eigenvalue weighted by Gasteiger charge is 1.98. The first kappa shape index (κ1) is 37.0. The molecule has 1 N–H and O–H groups in total. The zero-order valence-corrected chi connectivity index (χ0v) is 27.4. The Hall–Kier alpha value is -0.980. The molecule has 40 heavy (non-hydrogen) atoms. The van der Waals surface area contributed by atoms with Crippen LogP contribution in [0.3, 0.4) is 0 Å². The first-order valence-electron chi connectivity index (χ1n) is 18.6. The fourth-order valence-electron chi connectivity index (χ4n) is 6.19. The second-order valence-electron chi connectivity index (χ2n) is 13.0. The molecule has 0 saturated carbocycles. The first-order valence-corrected chi connectivity index (χ1v) is 18.6. The van der Waals surface area contributed by atoms with Crippen LogP contribution < -0.4 is 0 Å². The maximum atomic E-state index is 9.34. The van der Waals surface area contributed by atoms with E-state index < -0.39 is 0 Å². The Morgan fingerprint density at radius 3 is 0.800 bits per heavy atom. The summed E-state index contributed by atoms with van der Waals surface area (Å²) in [5.41, 5.74) is 1.35. The van der Waals surface area contributed by atoms with Gasteiger partial charge in [-0.1, -0.05) is 212 Å². The van der Waals surface area contributed by atoms with E-state index in [-0.39, 0.29) is 0 Å². The van der Waals surface area contributed by atoms with Crippen LogP contribution in [0.15, 0.2) is 24.3 Å². The fourth-order valence-corrected chi connectivity index (χ4v) is 6.19. The minimum Gasteiger partial charge on any atom is -0.508 e. The monoisotopic (exact) mass is 557 g/mol. The molecule has 1 rings (SSSR count). The smallest absolute Gasteiger partial charge is 0.115 e. The van der Waals surface area contributed by atoms with E-state index in [1.807, 2.05) is 0 Å². The average molecular weight is 557 g/mol. The third kappa shape index (κ3) is 27.2. The van der Waals surface area contributed by atoms with E-state index >= 15 is 0 Å². The van der Waals surface area contributed by atoms with E-state index in [1.165, 1.54) is 205 Å². The average Bonchev–Trinajstić information content (AvgIpc) is 2.97. The van der Waals surface area contributed by atoms with Crippen LogP contribution in [0.25, 0.3) is 0 Å². The zero-order valence-electron chi connectivity index (χ0n) is 27.4. The molecule has 0 amide bonds. The van der Waals surface area contributed by atoms with Crippen molar-refractivity contribution in [3.8, 4) is 5.75 Å². The summed E-state index contributed by atoms with van der Waals surface area (Å²) in [6, 6.07) is 7.71. The Labute approximate surface area is 252 Å². The number of benzene rings is 1. The van der Waals surface area contributed by atoms with Gasteiger partial charge in [0.15, 0.2) is 0 Å². The van der Waals surface area contributed by atoms with Crippen molar-refractivity contribution < 1.29 is 5.11 Å². The molecule has 0 aliphatic rings. The maximum Gasteiger partial charge on any atom is 0.115 e. The lowest BCUT2D eigenvalue weighted by molar-refractivity contribution is 0.475. The molecule has 0 fully saturated rings. The number of hydrogen-bond donors (Lipinski definition) is 1. The second-order valence-corrected chi connectivity index (χ2v) is 13.0. The molecule has 0 radical (unpaired) electrons. The predicted octanol–water partition coefficient (Wildman–Crippen LogP) is 14.0. The third-order valence-corrected chi connectivity index (χ3v) is 9.01. The van der Waals surface area contributed by atoms with Gasteiger partial charge in [-0.3, -0.25) is 0 Å². The summed E-state index contributed by atoms with van der Waals surface area (Å²) in [6.45, 7) is 2.31. The Morgan fingerprint density at radius 2 is 0.550 bits per heavy atom. The molecule has 1 aromatic carbocycles. The SMILES string of the molecule is CCCCCCCCCCCCCCCCCCCCCCCCCCCCCCCCCc1ccc(O)cc1. The van der Waals surface area contributed by atoms with Gasteiger partial charge in [-0.25, -0.2) is 0 Å². The molecule has 1 nitrogen and oxygen atoms in total. The van der Waals surface area contributed by atoms with Gasteiger partial charge in [0.2, 0.25) is 0 Å². The summed E-state index contributed by atoms with van der Waals surface area (Å²) < 4.78 is 0. The highest BCUT2D eigenvalue weighted by atomic mass is 16.3. The van der Waals surface area contributed by atoms with Crippen LogP contribution in [0.1, 0.15) is 212 Å². The van der Waals surface area contributed by atoms with Crippen molar-refractivity contribution in [2.75, 3.05) is 0 Å². The largest absolute Gasteiger partial charge is 0.508 e. The van der Waals surface area contributed by atoms with E-state index in [0.717, 1.165) is 6.42 Å². The third-order valence-electron chi connectivity index (χ3n) is 9.01. The molecule has 0 saturated heterocycles. The van der Waals surface area contributed by atoms with Gasteiger partial charge in [-0.15, -0.1) is 0 Å². The Balaban J connectivity index is 1.63. The van der Waals surface area contributed by atoms with Gasteiger partial charge in [0, 0.05) is 0 Å². The van der Waals surface area contributed by atoms with Gasteiger partial charge >= 0.3 is 0 Å². The second kappa shape index (κ2) is 31.0. The van der Waals surface area contributed by atoms with Crippen molar-refractivity contribution in [3.63, 3.8) is 0 Å². The molecule has 0 atom stereocenters. The minimum atomic E-state index is 0.375. The van der Waals surface area contributed by atoms with Crippen LogP contribution in [-0.2, 0) is 6.42 Å². The normalized spacial score (nSPS) is 11.4. The lowest BCUT2D eigenvalue weighted by atomic mass is 10.0. The first-order chi connectivity index (χ1) is 19.8. The van der Waals surface area contributed by atoms with Crippen LogP contribution in [0.4, 0.5) is 0 Å². The lowest BCUT2D eigenvalue weighted by Gasteiger charge is -2.05. The topological polar surface area (TPSA) is 20.2 Å². The maximum absolute atomic E-state index is 9.34. The fraction of sp³-hybridized carbons (Fsp3) is 0.846. The summed E-state index contributed by atoms with van der Waals surface area (Å²) in [4.78, 5) is 0. The van der Waals surface area contributed by atoms with Gasteiger partial charge in [0.05, 0.1) is 0 Å². The number of phenols is 1. The van der Waals surface area contributed by atoms with Crippen molar-refractivity contribution in [2.45, 2.75) is 212 Å². The molecule has 0 heterocycles. The minimum absolute atomic E-state index is 0.375. The summed E-state index contributed by atoms with van der Waals surface area (Å²) >= 11 is 0. The number of rotatable bonds is 32. The van der Waals surface area contributed by atoms with Gasteiger partial charge in [-0.05, 0) is 30.5 Å². The quantitative estimate of drug-likeness (QED) is 0.0875. The van der Waals surface area contributed by atoms with Crippen LogP contribution in [-0.4, -0.2) is 5.11 Å². The van der Waals surface area contributed by atoms with E-state index in [0.29, 0.717) is 5.75 Å². The summed E-state index contributed by atoms with van der Waals surface area (Å²) in [5.74, 6) is 0.375. The number of unbranched alkanes of at least 4 members (excludes halogenated alkanes) is 30. The van der Waals surface area contributed by atoms with E-state index in [2.05, 4.69) is 19.1 Å². The molecular weight excluding hydrogens is 484 g/mol. The molecule has 0 aromatic heterocycles. The van der Waals surface area contributed by atoms with Crippen LogP contribution in [0.5, 0.6) is 5.75 Å². The van der Waals surface area contributed by atoms with Crippen LogP contribution in [0, 0.1) is 0 Å². The Morgan fingerprint density at radius 1 is 0.325 bits per heavy atom. The molecule has 0 aliphatic carbocycles. The Bertz CT molecular complexity index is 591. The number of hydrogen-bond acceptors (Lipinski definition) is 1. The van der Waals surface area contributed by atoms with Gasteiger partial charge in [-0.2, -0.15) is 0 Å². The molecule has 1 aromatic rings. The van der Waals surface area contributed by atoms with Crippen molar-refractivity contribution in [1.29, 1.82) is 0 Å². The lowest BCUT2D eigenvalue weighted by Crippen LogP contribution is -1.86. The number of aromatic hydroxyl groups is 1. The molecule has 234 valence electrons. The molecule has 1 heteroatoms. The van der Waals surface area contributed by atoms with Gasteiger partial charge < -0.3 is 5.11 Å².